The van der Waals surface area contributed by atoms with Crippen molar-refractivity contribution in [3.05, 3.63) is 53.4 Å². The quantitative estimate of drug-likeness (QED) is 0.791. The van der Waals surface area contributed by atoms with Crippen molar-refractivity contribution in [3.63, 3.8) is 0 Å². The van der Waals surface area contributed by atoms with Crippen molar-refractivity contribution < 1.29 is 4.39 Å². The lowest BCUT2D eigenvalue weighted by molar-refractivity contribution is 0.142. The molecule has 1 aromatic carbocycles. The van der Waals surface area contributed by atoms with Crippen LogP contribution in [0.4, 0.5) is 15.9 Å². The predicted molar refractivity (Wildman–Crippen MR) is 109 cm³/mol. The first-order valence-electron chi connectivity index (χ1n) is 9.73. The lowest BCUT2D eigenvalue weighted by Gasteiger charge is -2.46. The average molecular weight is 389 g/mol. The summed E-state index contributed by atoms with van der Waals surface area (Å²) < 4.78 is 13.1. The molecule has 1 aromatic heterocycles. The maximum atomic E-state index is 13.1. The molecule has 2 fully saturated rings. The van der Waals surface area contributed by atoms with E-state index in [9.17, 15) is 4.39 Å². The normalized spacial score (nSPS) is 22.3. The molecule has 0 bridgehead atoms. The van der Waals surface area contributed by atoms with Gasteiger partial charge in [-0.15, -0.1) is 0 Å². The molecule has 27 heavy (non-hydrogen) atoms. The smallest absolute Gasteiger partial charge is 0.141 e. The minimum Gasteiger partial charge on any atom is -0.370 e. The Hall–Kier alpha value is -1.85. The number of piperazine rings is 1. The Labute approximate surface area is 165 Å². The van der Waals surface area contributed by atoms with Gasteiger partial charge in [-0.1, -0.05) is 23.7 Å². The van der Waals surface area contributed by atoms with Crippen LogP contribution in [0.25, 0.3) is 0 Å². The molecule has 1 unspecified atom stereocenters. The molecule has 144 valence electrons. The number of rotatable bonds is 3. The SMILES string of the molecule is CC1CN(C2CCN(c3ccccc3Cl)CC2)CCN1c1ccc(F)cn1. The van der Waals surface area contributed by atoms with E-state index >= 15 is 0 Å². The van der Waals surface area contributed by atoms with E-state index in [-0.39, 0.29) is 5.82 Å². The van der Waals surface area contributed by atoms with E-state index in [1.165, 1.54) is 12.3 Å². The molecule has 1 atom stereocenters. The van der Waals surface area contributed by atoms with E-state index in [1.54, 1.807) is 6.07 Å². The fourth-order valence-corrected chi connectivity index (χ4v) is 4.63. The molecule has 4 nitrogen and oxygen atoms in total. The third-order valence-corrected chi connectivity index (χ3v) is 6.16. The summed E-state index contributed by atoms with van der Waals surface area (Å²) in [6.45, 7) is 7.31. The molecule has 0 spiro atoms. The molecular weight excluding hydrogens is 363 g/mol. The van der Waals surface area contributed by atoms with Crippen LogP contribution >= 0.6 is 11.6 Å². The first kappa shape index (κ1) is 18.5. The Morgan fingerprint density at radius 2 is 1.81 bits per heavy atom. The first-order valence-corrected chi connectivity index (χ1v) is 10.1. The molecule has 6 heteroatoms. The lowest BCUT2D eigenvalue weighted by Crippen LogP contribution is -2.57. The number of benzene rings is 1. The van der Waals surface area contributed by atoms with Crippen LogP contribution in [0.3, 0.4) is 0 Å². The molecule has 2 aromatic rings. The summed E-state index contributed by atoms with van der Waals surface area (Å²) in [4.78, 5) is 11.6. The maximum Gasteiger partial charge on any atom is 0.141 e. The number of hydrogen-bond donors (Lipinski definition) is 0. The number of pyridine rings is 1. The van der Waals surface area contributed by atoms with Gasteiger partial charge in [0.15, 0.2) is 0 Å². The largest absolute Gasteiger partial charge is 0.370 e. The van der Waals surface area contributed by atoms with Crippen LogP contribution < -0.4 is 9.80 Å². The van der Waals surface area contributed by atoms with Crippen molar-refractivity contribution in [2.75, 3.05) is 42.5 Å². The number of anilines is 2. The zero-order chi connectivity index (χ0) is 18.8. The van der Waals surface area contributed by atoms with Gasteiger partial charge in [-0.05, 0) is 44.0 Å². The van der Waals surface area contributed by atoms with Gasteiger partial charge in [0.25, 0.3) is 0 Å². The summed E-state index contributed by atoms with van der Waals surface area (Å²) >= 11 is 6.36. The van der Waals surface area contributed by atoms with Crippen molar-refractivity contribution >= 4 is 23.1 Å². The Kier molecular flexibility index (Phi) is 5.50. The molecule has 3 heterocycles. The third-order valence-electron chi connectivity index (χ3n) is 5.84. The fourth-order valence-electron chi connectivity index (χ4n) is 4.38. The third kappa shape index (κ3) is 4.04. The highest BCUT2D eigenvalue weighted by molar-refractivity contribution is 6.33. The van der Waals surface area contributed by atoms with Gasteiger partial charge in [-0.3, -0.25) is 4.90 Å². The number of hydrogen-bond acceptors (Lipinski definition) is 4. The van der Waals surface area contributed by atoms with Crippen LogP contribution in [0.5, 0.6) is 0 Å². The van der Waals surface area contributed by atoms with Crippen molar-refractivity contribution in [1.82, 2.24) is 9.88 Å². The molecule has 0 aliphatic carbocycles. The maximum absolute atomic E-state index is 13.1. The lowest BCUT2D eigenvalue weighted by atomic mass is 10.00. The van der Waals surface area contributed by atoms with Crippen molar-refractivity contribution in [3.8, 4) is 0 Å². The summed E-state index contributed by atoms with van der Waals surface area (Å²) in [6.07, 6.45) is 3.62. The van der Waals surface area contributed by atoms with E-state index in [1.807, 2.05) is 12.1 Å². The minimum absolute atomic E-state index is 0.282. The topological polar surface area (TPSA) is 22.6 Å². The van der Waals surface area contributed by atoms with Crippen LogP contribution in [0.1, 0.15) is 19.8 Å². The number of halogens is 2. The highest BCUT2D eigenvalue weighted by Crippen LogP contribution is 2.30. The van der Waals surface area contributed by atoms with Gasteiger partial charge < -0.3 is 9.80 Å². The van der Waals surface area contributed by atoms with Gasteiger partial charge in [-0.2, -0.15) is 0 Å². The van der Waals surface area contributed by atoms with Crippen LogP contribution in [-0.2, 0) is 0 Å². The number of nitrogens with zero attached hydrogens (tertiary/aromatic N) is 4. The second-order valence-electron chi connectivity index (χ2n) is 7.54. The highest BCUT2D eigenvalue weighted by atomic mass is 35.5. The van der Waals surface area contributed by atoms with Crippen LogP contribution in [0.2, 0.25) is 5.02 Å². The molecule has 0 amide bonds. The standard InChI is InChI=1S/C21H26ClFN4/c1-16-15-26(12-13-27(16)21-7-6-17(23)14-24-21)18-8-10-25(11-9-18)20-5-3-2-4-19(20)22/h2-7,14,16,18H,8-13,15H2,1H3. The average Bonchev–Trinajstić information content (AvgIpc) is 2.69. The van der Waals surface area contributed by atoms with E-state index in [0.717, 1.165) is 62.1 Å². The summed E-state index contributed by atoms with van der Waals surface area (Å²) in [6, 6.07) is 12.4. The zero-order valence-electron chi connectivity index (χ0n) is 15.7. The Bertz CT molecular complexity index is 761. The molecule has 0 N–H and O–H groups in total. The Balaban J connectivity index is 1.34. The van der Waals surface area contributed by atoms with Crippen LogP contribution in [0, 0.1) is 5.82 Å². The van der Waals surface area contributed by atoms with Gasteiger partial charge in [-0.25, -0.2) is 9.37 Å². The molecule has 0 radical (unpaired) electrons. The molecular formula is C21H26ClFN4. The van der Waals surface area contributed by atoms with E-state index in [0.29, 0.717) is 12.1 Å². The summed E-state index contributed by atoms with van der Waals surface area (Å²) in [7, 11) is 0. The highest BCUT2D eigenvalue weighted by Gasteiger charge is 2.31. The first-order chi connectivity index (χ1) is 13.1. The van der Waals surface area contributed by atoms with E-state index in [4.69, 9.17) is 11.6 Å². The van der Waals surface area contributed by atoms with Gasteiger partial charge in [0.2, 0.25) is 0 Å². The van der Waals surface area contributed by atoms with Gasteiger partial charge in [0, 0.05) is 44.8 Å². The van der Waals surface area contributed by atoms with Crippen molar-refractivity contribution in [2.24, 2.45) is 0 Å². The van der Waals surface area contributed by atoms with Gasteiger partial charge in [0.1, 0.15) is 11.6 Å². The van der Waals surface area contributed by atoms with Gasteiger partial charge >= 0.3 is 0 Å². The zero-order valence-corrected chi connectivity index (χ0v) is 16.4. The van der Waals surface area contributed by atoms with Crippen LogP contribution in [0.15, 0.2) is 42.6 Å². The molecule has 2 aliphatic rings. The van der Waals surface area contributed by atoms with Crippen molar-refractivity contribution in [2.45, 2.75) is 31.8 Å². The molecule has 4 rings (SSSR count). The molecule has 2 aliphatic heterocycles. The summed E-state index contributed by atoms with van der Waals surface area (Å²) in [5, 5.41) is 0.838. The van der Waals surface area contributed by atoms with Gasteiger partial charge in [0.05, 0.1) is 16.9 Å². The van der Waals surface area contributed by atoms with E-state index in [2.05, 4.69) is 38.7 Å². The Morgan fingerprint density at radius 3 is 2.48 bits per heavy atom. The monoisotopic (exact) mass is 388 g/mol. The minimum atomic E-state index is -0.282. The second-order valence-corrected chi connectivity index (χ2v) is 7.95. The van der Waals surface area contributed by atoms with E-state index < -0.39 is 0 Å². The summed E-state index contributed by atoms with van der Waals surface area (Å²) in [5.41, 5.74) is 1.15. The second kappa shape index (κ2) is 8.03. The number of para-hydroxylation sites is 1. The van der Waals surface area contributed by atoms with Crippen LogP contribution in [-0.4, -0.2) is 54.7 Å². The Morgan fingerprint density at radius 1 is 1.04 bits per heavy atom. The molecule has 0 saturated carbocycles. The predicted octanol–water partition coefficient (Wildman–Crippen LogP) is 4.05. The molecule has 2 saturated heterocycles. The number of piperidine rings is 1. The summed E-state index contributed by atoms with van der Waals surface area (Å²) in [5.74, 6) is 0.590. The van der Waals surface area contributed by atoms with Crippen molar-refractivity contribution in [1.29, 1.82) is 0 Å². The fraction of sp³-hybridized carbons (Fsp3) is 0.476. The number of aromatic nitrogens is 1.